The summed E-state index contributed by atoms with van der Waals surface area (Å²) in [5, 5.41) is 3.17. The predicted molar refractivity (Wildman–Crippen MR) is 78.1 cm³/mol. The molecular weight excluding hydrogens is 271 g/mol. The largest absolute Gasteiger partial charge is 0.484 e. The Labute approximate surface area is 122 Å². The Kier molecular flexibility index (Phi) is 5.29. The van der Waals surface area contributed by atoms with Crippen molar-refractivity contribution in [1.82, 2.24) is 5.32 Å². The fourth-order valence-corrected chi connectivity index (χ4v) is 1.84. The van der Waals surface area contributed by atoms with Crippen molar-refractivity contribution in [2.75, 3.05) is 6.61 Å². The van der Waals surface area contributed by atoms with Crippen molar-refractivity contribution in [3.05, 3.63) is 65.5 Å². The van der Waals surface area contributed by atoms with Crippen LogP contribution in [0, 0.1) is 5.82 Å². The molecule has 0 aliphatic carbocycles. The summed E-state index contributed by atoms with van der Waals surface area (Å²) in [5.41, 5.74) is 6.68. The van der Waals surface area contributed by atoms with Gasteiger partial charge in [-0.3, -0.25) is 4.79 Å². The fraction of sp³-hybridized carbons (Fsp3) is 0.188. The van der Waals surface area contributed by atoms with E-state index in [9.17, 15) is 9.18 Å². The van der Waals surface area contributed by atoms with Gasteiger partial charge in [0.1, 0.15) is 11.6 Å². The minimum atomic E-state index is -0.509. The second kappa shape index (κ2) is 7.40. The van der Waals surface area contributed by atoms with Crippen molar-refractivity contribution in [3.63, 3.8) is 0 Å². The van der Waals surface area contributed by atoms with Gasteiger partial charge in [0, 0.05) is 18.7 Å². The first kappa shape index (κ1) is 15.0. The number of hydrogen-bond donors (Lipinski definition) is 2. The molecule has 0 aliphatic rings. The summed E-state index contributed by atoms with van der Waals surface area (Å²) in [6.45, 7) is 0.946. The van der Waals surface area contributed by atoms with E-state index in [0.29, 0.717) is 24.4 Å². The van der Waals surface area contributed by atoms with Crippen LogP contribution in [0.2, 0.25) is 0 Å². The zero-order valence-corrected chi connectivity index (χ0v) is 11.5. The first-order valence-electron chi connectivity index (χ1n) is 6.59. The number of halogens is 1. The van der Waals surface area contributed by atoms with Crippen LogP contribution < -0.4 is 15.8 Å². The first-order valence-corrected chi connectivity index (χ1v) is 6.59. The molecule has 0 fully saturated rings. The SMILES string of the molecule is NC(=O)COc1ccc(CNCc2ccccc2F)cc1. The summed E-state index contributed by atoms with van der Waals surface area (Å²) in [7, 11) is 0. The van der Waals surface area contributed by atoms with Crippen LogP contribution in [-0.4, -0.2) is 12.5 Å². The van der Waals surface area contributed by atoms with E-state index in [1.165, 1.54) is 6.07 Å². The lowest BCUT2D eigenvalue weighted by Gasteiger charge is -2.07. The van der Waals surface area contributed by atoms with E-state index < -0.39 is 5.91 Å². The number of carbonyl (C=O) groups excluding carboxylic acids is 1. The lowest BCUT2D eigenvalue weighted by Crippen LogP contribution is -2.20. The minimum absolute atomic E-state index is 0.134. The normalized spacial score (nSPS) is 10.3. The van der Waals surface area contributed by atoms with E-state index in [1.807, 2.05) is 18.2 Å². The van der Waals surface area contributed by atoms with E-state index in [0.717, 1.165) is 5.56 Å². The molecule has 0 spiro atoms. The molecule has 0 heterocycles. The van der Waals surface area contributed by atoms with Crippen LogP contribution in [-0.2, 0) is 17.9 Å². The average molecular weight is 288 g/mol. The zero-order valence-electron chi connectivity index (χ0n) is 11.5. The number of carbonyl (C=O) groups is 1. The van der Waals surface area contributed by atoms with Gasteiger partial charge in [-0.05, 0) is 23.8 Å². The third-order valence-electron chi connectivity index (χ3n) is 2.91. The number of benzene rings is 2. The summed E-state index contributed by atoms with van der Waals surface area (Å²) in [6.07, 6.45) is 0. The summed E-state index contributed by atoms with van der Waals surface area (Å²) < 4.78 is 18.6. The predicted octanol–water partition coefficient (Wildman–Crippen LogP) is 1.98. The molecule has 0 aromatic heterocycles. The van der Waals surface area contributed by atoms with Gasteiger partial charge in [0.05, 0.1) is 0 Å². The molecule has 110 valence electrons. The van der Waals surface area contributed by atoms with E-state index in [-0.39, 0.29) is 12.4 Å². The highest BCUT2D eigenvalue weighted by Gasteiger charge is 2.01. The van der Waals surface area contributed by atoms with Gasteiger partial charge in [-0.1, -0.05) is 30.3 Å². The summed E-state index contributed by atoms with van der Waals surface area (Å²) >= 11 is 0. The third kappa shape index (κ3) is 4.89. The molecular formula is C16H17FN2O2. The Morgan fingerprint density at radius 3 is 2.48 bits per heavy atom. The lowest BCUT2D eigenvalue weighted by atomic mass is 10.2. The maximum Gasteiger partial charge on any atom is 0.255 e. The van der Waals surface area contributed by atoms with Crippen molar-refractivity contribution in [3.8, 4) is 5.75 Å². The molecule has 3 N–H and O–H groups in total. The Morgan fingerprint density at radius 1 is 1.10 bits per heavy atom. The van der Waals surface area contributed by atoms with Crippen molar-refractivity contribution in [1.29, 1.82) is 0 Å². The highest BCUT2D eigenvalue weighted by Crippen LogP contribution is 2.12. The number of amides is 1. The quantitative estimate of drug-likeness (QED) is 0.819. The summed E-state index contributed by atoms with van der Waals surface area (Å²) in [6, 6.07) is 14.0. The molecule has 0 saturated carbocycles. The molecule has 4 nitrogen and oxygen atoms in total. The molecule has 0 saturated heterocycles. The number of nitrogens with one attached hydrogen (secondary N) is 1. The lowest BCUT2D eigenvalue weighted by molar-refractivity contribution is -0.119. The Bertz CT molecular complexity index is 599. The van der Waals surface area contributed by atoms with Crippen LogP contribution in [0.5, 0.6) is 5.75 Å². The maximum atomic E-state index is 13.4. The van der Waals surface area contributed by atoms with Gasteiger partial charge in [-0.15, -0.1) is 0 Å². The molecule has 1 amide bonds. The second-order valence-corrected chi connectivity index (χ2v) is 4.59. The monoisotopic (exact) mass is 288 g/mol. The number of rotatable bonds is 7. The fourth-order valence-electron chi connectivity index (χ4n) is 1.84. The first-order chi connectivity index (χ1) is 10.1. The number of ether oxygens (including phenoxy) is 1. The van der Waals surface area contributed by atoms with E-state index in [2.05, 4.69) is 5.32 Å². The van der Waals surface area contributed by atoms with Gasteiger partial charge in [-0.2, -0.15) is 0 Å². The van der Waals surface area contributed by atoms with Crippen LogP contribution >= 0.6 is 0 Å². The molecule has 0 unspecified atom stereocenters. The number of hydrogen-bond acceptors (Lipinski definition) is 3. The van der Waals surface area contributed by atoms with Crippen LogP contribution in [0.15, 0.2) is 48.5 Å². The standard InChI is InChI=1S/C16H17FN2O2/c17-15-4-2-1-3-13(15)10-19-9-12-5-7-14(8-6-12)21-11-16(18)20/h1-8,19H,9-11H2,(H2,18,20). The molecule has 5 heteroatoms. The van der Waals surface area contributed by atoms with Gasteiger partial charge in [0.15, 0.2) is 6.61 Å². The topological polar surface area (TPSA) is 64.4 Å². The maximum absolute atomic E-state index is 13.4. The molecule has 0 radical (unpaired) electrons. The van der Waals surface area contributed by atoms with Crippen LogP contribution in [0.25, 0.3) is 0 Å². The number of nitrogens with two attached hydrogens (primary N) is 1. The molecule has 2 rings (SSSR count). The summed E-state index contributed by atoms with van der Waals surface area (Å²) in [4.78, 5) is 10.6. The highest BCUT2D eigenvalue weighted by molar-refractivity contribution is 5.75. The smallest absolute Gasteiger partial charge is 0.255 e. The second-order valence-electron chi connectivity index (χ2n) is 4.59. The summed E-state index contributed by atoms with van der Waals surface area (Å²) in [5.74, 6) is -0.127. The highest BCUT2D eigenvalue weighted by atomic mass is 19.1. The van der Waals surface area contributed by atoms with Crippen LogP contribution in [0.4, 0.5) is 4.39 Å². The van der Waals surface area contributed by atoms with Gasteiger partial charge in [-0.25, -0.2) is 4.39 Å². The molecule has 2 aromatic carbocycles. The number of primary amides is 1. The van der Waals surface area contributed by atoms with Gasteiger partial charge in [0.2, 0.25) is 0 Å². The molecule has 2 aromatic rings. The van der Waals surface area contributed by atoms with Crippen LogP contribution in [0.1, 0.15) is 11.1 Å². The Morgan fingerprint density at radius 2 is 1.81 bits per heavy atom. The van der Waals surface area contributed by atoms with Gasteiger partial charge >= 0.3 is 0 Å². The zero-order chi connectivity index (χ0) is 15.1. The Hall–Kier alpha value is -2.40. The Balaban J connectivity index is 1.81. The molecule has 0 bridgehead atoms. The minimum Gasteiger partial charge on any atom is -0.484 e. The molecule has 0 atom stereocenters. The van der Waals surface area contributed by atoms with Crippen molar-refractivity contribution < 1.29 is 13.9 Å². The molecule has 21 heavy (non-hydrogen) atoms. The average Bonchev–Trinajstić information content (AvgIpc) is 2.48. The van der Waals surface area contributed by atoms with Gasteiger partial charge < -0.3 is 15.8 Å². The van der Waals surface area contributed by atoms with Crippen LogP contribution in [0.3, 0.4) is 0 Å². The van der Waals surface area contributed by atoms with Crippen molar-refractivity contribution in [2.45, 2.75) is 13.1 Å². The van der Waals surface area contributed by atoms with E-state index >= 15 is 0 Å². The third-order valence-corrected chi connectivity index (χ3v) is 2.91. The van der Waals surface area contributed by atoms with E-state index in [4.69, 9.17) is 10.5 Å². The van der Waals surface area contributed by atoms with E-state index in [1.54, 1.807) is 24.3 Å². The van der Waals surface area contributed by atoms with Gasteiger partial charge in [0.25, 0.3) is 5.91 Å². The van der Waals surface area contributed by atoms with Crippen molar-refractivity contribution in [2.24, 2.45) is 5.73 Å². The van der Waals surface area contributed by atoms with Crippen molar-refractivity contribution >= 4 is 5.91 Å². The molecule has 0 aliphatic heterocycles.